The first-order valence-corrected chi connectivity index (χ1v) is 10.3. The minimum Gasteiger partial charge on any atom is -0.497 e. The van der Waals surface area contributed by atoms with E-state index in [0.29, 0.717) is 28.7 Å². The maximum atomic E-state index is 5.76. The molecule has 0 saturated heterocycles. The van der Waals surface area contributed by atoms with Gasteiger partial charge in [-0.1, -0.05) is 18.2 Å². The number of nitrogens with zero attached hydrogens (tertiary/aromatic N) is 2. The molecule has 0 N–H and O–H groups in total. The lowest BCUT2D eigenvalue weighted by Crippen LogP contribution is -2.00. The second kappa shape index (κ2) is 9.56. The Balaban J connectivity index is 2.05. The van der Waals surface area contributed by atoms with Gasteiger partial charge < -0.3 is 23.7 Å². The lowest BCUT2D eigenvalue weighted by molar-refractivity contribution is 0.349. The van der Waals surface area contributed by atoms with Crippen LogP contribution in [0.2, 0.25) is 0 Å². The van der Waals surface area contributed by atoms with Crippen molar-refractivity contribution < 1.29 is 23.7 Å². The smallest absolute Gasteiger partial charge is 0.164 e. The van der Waals surface area contributed by atoms with Gasteiger partial charge in [0.05, 0.1) is 46.9 Å². The van der Waals surface area contributed by atoms with Crippen LogP contribution in [0.1, 0.15) is 0 Å². The summed E-state index contributed by atoms with van der Waals surface area (Å²) >= 11 is 0. The van der Waals surface area contributed by atoms with Gasteiger partial charge in [0.2, 0.25) is 0 Å². The first-order chi connectivity index (χ1) is 16.1. The van der Waals surface area contributed by atoms with Crippen molar-refractivity contribution in [2.24, 2.45) is 0 Å². The summed E-state index contributed by atoms with van der Waals surface area (Å²) in [5, 5.41) is 0. The van der Waals surface area contributed by atoms with Gasteiger partial charge in [0.25, 0.3) is 0 Å². The highest BCUT2D eigenvalue weighted by molar-refractivity contribution is 5.85. The van der Waals surface area contributed by atoms with Crippen LogP contribution in [0.15, 0.2) is 67.0 Å². The third kappa shape index (κ3) is 4.17. The van der Waals surface area contributed by atoms with Crippen LogP contribution in [0.25, 0.3) is 28.2 Å². The molecule has 0 atom stereocenters. The number of imidazole rings is 1. The average Bonchev–Trinajstić information content (AvgIpc) is 3.33. The summed E-state index contributed by atoms with van der Waals surface area (Å²) in [6.07, 6.45) is 1.79. The van der Waals surface area contributed by atoms with Gasteiger partial charge in [0, 0.05) is 28.9 Å². The van der Waals surface area contributed by atoms with Crippen molar-refractivity contribution in [3.63, 3.8) is 0 Å². The molecule has 3 aromatic carbocycles. The molecule has 0 fully saturated rings. The van der Waals surface area contributed by atoms with E-state index in [1.807, 2.05) is 65.2 Å². The Morgan fingerprint density at radius 2 is 1.24 bits per heavy atom. The number of rotatable bonds is 8. The summed E-state index contributed by atoms with van der Waals surface area (Å²) in [7, 11) is 8.08. The predicted molar refractivity (Wildman–Crippen MR) is 127 cm³/mol. The molecule has 0 aliphatic heterocycles. The van der Waals surface area contributed by atoms with E-state index in [-0.39, 0.29) is 0 Å². The molecular formula is C26H26N2O5. The van der Waals surface area contributed by atoms with Gasteiger partial charge in [0.15, 0.2) is 11.5 Å². The van der Waals surface area contributed by atoms with E-state index in [4.69, 9.17) is 28.7 Å². The Labute approximate surface area is 193 Å². The number of methoxy groups -OCH3 is 5. The maximum Gasteiger partial charge on any atom is 0.164 e. The van der Waals surface area contributed by atoms with Crippen molar-refractivity contribution in [2.45, 2.75) is 0 Å². The molecule has 0 spiro atoms. The van der Waals surface area contributed by atoms with Gasteiger partial charge in [-0.15, -0.1) is 0 Å². The third-order valence-corrected chi connectivity index (χ3v) is 5.39. The molecule has 0 amide bonds. The molecule has 0 aliphatic rings. The van der Waals surface area contributed by atoms with Crippen LogP contribution >= 0.6 is 0 Å². The van der Waals surface area contributed by atoms with E-state index in [1.165, 1.54) is 0 Å². The molecule has 33 heavy (non-hydrogen) atoms. The van der Waals surface area contributed by atoms with E-state index in [9.17, 15) is 0 Å². The largest absolute Gasteiger partial charge is 0.497 e. The Morgan fingerprint density at radius 3 is 1.82 bits per heavy atom. The quantitative estimate of drug-likeness (QED) is 0.368. The van der Waals surface area contributed by atoms with Gasteiger partial charge >= 0.3 is 0 Å². The highest BCUT2D eigenvalue weighted by Crippen LogP contribution is 2.44. The van der Waals surface area contributed by atoms with Gasteiger partial charge in [-0.25, -0.2) is 4.98 Å². The zero-order valence-electron chi connectivity index (χ0n) is 19.3. The summed E-state index contributed by atoms with van der Waals surface area (Å²) in [6, 6.07) is 19.4. The topological polar surface area (TPSA) is 64.0 Å². The first-order valence-electron chi connectivity index (χ1n) is 10.3. The second-order valence-corrected chi connectivity index (χ2v) is 7.16. The second-order valence-electron chi connectivity index (χ2n) is 7.16. The Morgan fingerprint density at radius 1 is 0.636 bits per heavy atom. The number of hydrogen-bond donors (Lipinski definition) is 0. The van der Waals surface area contributed by atoms with Crippen molar-refractivity contribution in [3.05, 3.63) is 67.0 Å². The van der Waals surface area contributed by atoms with Crippen LogP contribution < -0.4 is 23.7 Å². The van der Waals surface area contributed by atoms with E-state index >= 15 is 0 Å². The van der Waals surface area contributed by atoms with E-state index < -0.39 is 0 Å². The normalized spacial score (nSPS) is 10.6. The van der Waals surface area contributed by atoms with Crippen molar-refractivity contribution in [3.8, 4) is 56.9 Å². The number of para-hydroxylation sites is 1. The Kier molecular flexibility index (Phi) is 6.40. The van der Waals surface area contributed by atoms with E-state index in [1.54, 1.807) is 41.9 Å². The molecule has 0 saturated carbocycles. The van der Waals surface area contributed by atoms with Crippen molar-refractivity contribution in [1.29, 1.82) is 0 Å². The lowest BCUT2D eigenvalue weighted by Gasteiger charge is -2.17. The first kappa shape index (κ1) is 22.1. The lowest BCUT2D eigenvalue weighted by atomic mass is 10.0. The number of aromatic nitrogens is 2. The van der Waals surface area contributed by atoms with Gasteiger partial charge in [-0.3, -0.25) is 4.57 Å². The highest BCUT2D eigenvalue weighted by Gasteiger charge is 2.23. The number of benzene rings is 3. The van der Waals surface area contributed by atoms with E-state index in [0.717, 1.165) is 28.2 Å². The molecule has 4 aromatic rings. The van der Waals surface area contributed by atoms with Gasteiger partial charge in [-0.05, 0) is 30.3 Å². The molecule has 0 unspecified atom stereocenters. The molecule has 1 heterocycles. The van der Waals surface area contributed by atoms with Crippen LogP contribution in [-0.2, 0) is 0 Å². The fourth-order valence-corrected chi connectivity index (χ4v) is 3.76. The summed E-state index contributed by atoms with van der Waals surface area (Å²) in [4.78, 5) is 4.79. The molecule has 7 heteroatoms. The molecule has 0 radical (unpaired) electrons. The average molecular weight is 447 g/mol. The molecule has 0 bridgehead atoms. The van der Waals surface area contributed by atoms with Crippen LogP contribution in [0.5, 0.6) is 28.7 Å². The summed E-state index contributed by atoms with van der Waals surface area (Å²) < 4.78 is 29.8. The number of hydrogen-bond acceptors (Lipinski definition) is 6. The minimum atomic E-state index is 0.577. The highest BCUT2D eigenvalue weighted by atomic mass is 16.5. The van der Waals surface area contributed by atoms with Gasteiger partial charge in [-0.2, -0.15) is 0 Å². The summed E-state index contributed by atoms with van der Waals surface area (Å²) in [5.74, 6) is 3.13. The Bertz CT molecular complexity index is 1230. The molecule has 1 aromatic heterocycles. The summed E-state index contributed by atoms with van der Waals surface area (Å²) in [5.41, 5.74) is 4.16. The van der Waals surface area contributed by atoms with Gasteiger partial charge in [0.1, 0.15) is 23.6 Å². The van der Waals surface area contributed by atoms with E-state index in [2.05, 4.69) is 0 Å². The fraction of sp³-hybridized carbons (Fsp3) is 0.192. The monoisotopic (exact) mass is 446 g/mol. The zero-order chi connectivity index (χ0) is 23.4. The number of ether oxygens (including phenoxy) is 5. The van der Waals surface area contributed by atoms with Crippen molar-refractivity contribution in [1.82, 2.24) is 9.55 Å². The van der Waals surface area contributed by atoms with Crippen LogP contribution in [-0.4, -0.2) is 45.1 Å². The van der Waals surface area contributed by atoms with Crippen LogP contribution in [0.4, 0.5) is 0 Å². The minimum absolute atomic E-state index is 0.577. The standard InChI is InChI=1S/C26H26N2O5/c1-29-19-11-17(12-20(13-19)30-2)25-26(28(16-27-25)18-9-7-6-8-10-18)21-14-23(32-4)24(33-5)15-22(21)31-3/h6-16H,1-5H3. The molecule has 4 rings (SSSR count). The fourth-order valence-electron chi connectivity index (χ4n) is 3.76. The third-order valence-electron chi connectivity index (χ3n) is 5.39. The summed E-state index contributed by atoms with van der Waals surface area (Å²) in [6.45, 7) is 0. The molecule has 0 aliphatic carbocycles. The predicted octanol–water partition coefficient (Wildman–Crippen LogP) is 5.25. The SMILES string of the molecule is COc1cc(OC)cc(-c2ncn(-c3ccccc3)c2-c2cc(OC)c(OC)cc2OC)c1. The maximum absolute atomic E-state index is 5.76. The zero-order valence-corrected chi connectivity index (χ0v) is 19.3. The molecular weight excluding hydrogens is 420 g/mol. The van der Waals surface area contributed by atoms with Crippen molar-refractivity contribution >= 4 is 0 Å². The Hall–Kier alpha value is -4.13. The molecule has 170 valence electrons. The van der Waals surface area contributed by atoms with Crippen LogP contribution in [0, 0.1) is 0 Å². The van der Waals surface area contributed by atoms with Crippen LogP contribution in [0.3, 0.4) is 0 Å². The van der Waals surface area contributed by atoms with Crippen molar-refractivity contribution in [2.75, 3.05) is 35.5 Å². The molecule has 7 nitrogen and oxygen atoms in total.